The molecule has 1 fully saturated rings. The van der Waals surface area contributed by atoms with Crippen molar-refractivity contribution in [3.8, 4) is 0 Å². The van der Waals surface area contributed by atoms with Gasteiger partial charge in [0.25, 0.3) is 0 Å². The van der Waals surface area contributed by atoms with E-state index in [9.17, 15) is 9.36 Å². The first kappa shape index (κ1) is 19.6. The molecule has 0 spiro atoms. The van der Waals surface area contributed by atoms with Gasteiger partial charge in [-0.2, -0.15) is 0 Å². The number of nitrogens with zero attached hydrogens (tertiary/aromatic N) is 1. The first-order chi connectivity index (χ1) is 13.1. The third kappa shape index (κ3) is 6.21. The second-order valence-corrected chi connectivity index (χ2v) is 7.92. The molecule has 2 aromatic rings. The summed E-state index contributed by atoms with van der Waals surface area (Å²) in [6, 6.07) is 19.0. The van der Waals surface area contributed by atoms with Gasteiger partial charge in [0.05, 0.1) is 13.2 Å². The maximum atomic E-state index is 13.0. The highest BCUT2D eigenvalue weighted by Crippen LogP contribution is 2.51. The van der Waals surface area contributed by atoms with E-state index >= 15 is 0 Å². The third-order valence-corrected chi connectivity index (χ3v) is 5.59. The summed E-state index contributed by atoms with van der Waals surface area (Å²) in [5, 5.41) is 0. The van der Waals surface area contributed by atoms with E-state index in [1.807, 2.05) is 60.7 Å². The van der Waals surface area contributed by atoms with Gasteiger partial charge in [0.2, 0.25) is 0 Å². The minimum atomic E-state index is -4.02. The smallest absolute Gasteiger partial charge is 0.353 e. The molecule has 0 N–H and O–H groups in total. The van der Waals surface area contributed by atoms with Crippen molar-refractivity contribution in [3.05, 3.63) is 71.8 Å². The lowest BCUT2D eigenvalue weighted by Gasteiger charge is -2.21. The SMILES string of the molecule is O=C(OP(=O)(OCCc1ccccc1)OCc1ccccc1)N1CCCC1. The maximum Gasteiger partial charge on any atom is 0.533 e. The van der Waals surface area contributed by atoms with E-state index in [1.165, 1.54) is 4.90 Å². The van der Waals surface area contributed by atoms with Crippen molar-refractivity contribution in [2.75, 3.05) is 19.7 Å². The van der Waals surface area contributed by atoms with Crippen LogP contribution in [0.15, 0.2) is 60.7 Å². The van der Waals surface area contributed by atoms with Crippen LogP contribution in [0.1, 0.15) is 24.0 Å². The summed E-state index contributed by atoms with van der Waals surface area (Å²) < 4.78 is 29.1. The number of phosphoric ester groups is 1. The number of hydrogen-bond acceptors (Lipinski definition) is 5. The van der Waals surface area contributed by atoms with E-state index in [-0.39, 0.29) is 13.2 Å². The van der Waals surface area contributed by atoms with Crippen LogP contribution in [0.4, 0.5) is 4.79 Å². The molecule has 144 valence electrons. The van der Waals surface area contributed by atoms with Gasteiger partial charge in [0, 0.05) is 13.1 Å². The molecule has 1 atom stereocenters. The topological polar surface area (TPSA) is 65.1 Å². The van der Waals surface area contributed by atoms with Gasteiger partial charge in [-0.05, 0) is 30.4 Å². The molecule has 0 aliphatic carbocycles. The van der Waals surface area contributed by atoms with Crippen LogP contribution < -0.4 is 0 Å². The molecule has 1 unspecified atom stereocenters. The van der Waals surface area contributed by atoms with Crippen LogP contribution in [0.5, 0.6) is 0 Å². The van der Waals surface area contributed by atoms with Crippen LogP contribution in [0, 0.1) is 0 Å². The normalized spacial score (nSPS) is 16.1. The number of hydrogen-bond donors (Lipinski definition) is 0. The number of carbonyl (C=O) groups is 1. The van der Waals surface area contributed by atoms with Gasteiger partial charge in [-0.3, -0.25) is 9.05 Å². The molecule has 1 amide bonds. The molecular weight excluding hydrogens is 365 g/mol. The van der Waals surface area contributed by atoms with Crippen molar-refractivity contribution in [2.45, 2.75) is 25.9 Å². The lowest BCUT2D eigenvalue weighted by Crippen LogP contribution is -2.28. The summed E-state index contributed by atoms with van der Waals surface area (Å²) in [5.41, 5.74) is 1.86. The zero-order valence-corrected chi connectivity index (χ0v) is 16.1. The predicted octanol–water partition coefficient (Wildman–Crippen LogP) is 4.80. The molecule has 7 heteroatoms. The minimum absolute atomic E-state index is 0.0384. The summed E-state index contributed by atoms with van der Waals surface area (Å²) in [4.78, 5) is 13.8. The lowest BCUT2D eigenvalue weighted by atomic mass is 10.2. The van der Waals surface area contributed by atoms with Crippen molar-refractivity contribution in [2.24, 2.45) is 0 Å². The van der Waals surface area contributed by atoms with Gasteiger partial charge < -0.3 is 9.42 Å². The molecule has 27 heavy (non-hydrogen) atoms. The van der Waals surface area contributed by atoms with E-state index < -0.39 is 13.9 Å². The zero-order valence-electron chi connectivity index (χ0n) is 15.2. The molecule has 1 saturated heterocycles. The van der Waals surface area contributed by atoms with Crippen LogP contribution in [-0.4, -0.2) is 30.7 Å². The summed E-state index contributed by atoms with van der Waals surface area (Å²) in [5.74, 6) is 0. The first-order valence-corrected chi connectivity index (χ1v) is 10.6. The fourth-order valence-corrected chi connectivity index (χ4v) is 3.90. The second-order valence-electron chi connectivity index (χ2n) is 6.33. The van der Waals surface area contributed by atoms with Crippen LogP contribution in [0.3, 0.4) is 0 Å². The van der Waals surface area contributed by atoms with Gasteiger partial charge in [0.15, 0.2) is 0 Å². The van der Waals surface area contributed by atoms with Gasteiger partial charge >= 0.3 is 13.9 Å². The number of likely N-dealkylation sites (tertiary alicyclic amines) is 1. The van der Waals surface area contributed by atoms with E-state index in [0.717, 1.165) is 24.0 Å². The monoisotopic (exact) mass is 389 g/mol. The van der Waals surface area contributed by atoms with Gasteiger partial charge in [-0.25, -0.2) is 9.36 Å². The molecule has 0 radical (unpaired) electrons. The molecule has 3 rings (SSSR count). The molecule has 0 bridgehead atoms. The Bertz CT molecular complexity index is 762. The average molecular weight is 389 g/mol. The van der Waals surface area contributed by atoms with E-state index in [0.29, 0.717) is 19.5 Å². The summed E-state index contributed by atoms with van der Waals surface area (Å²) in [7, 11) is -4.02. The lowest BCUT2D eigenvalue weighted by molar-refractivity contribution is 0.104. The van der Waals surface area contributed by atoms with Crippen molar-refractivity contribution >= 4 is 13.9 Å². The van der Waals surface area contributed by atoms with Gasteiger partial charge in [0.1, 0.15) is 0 Å². The maximum absolute atomic E-state index is 13.0. The highest BCUT2D eigenvalue weighted by molar-refractivity contribution is 7.49. The summed E-state index contributed by atoms with van der Waals surface area (Å²) in [6.07, 6.45) is 1.72. The van der Waals surface area contributed by atoms with Crippen molar-refractivity contribution < 1.29 is 22.9 Å². The first-order valence-electron chi connectivity index (χ1n) is 9.10. The molecule has 2 aromatic carbocycles. The average Bonchev–Trinajstić information content (AvgIpc) is 3.23. The van der Waals surface area contributed by atoms with Crippen LogP contribution >= 0.6 is 7.82 Å². The van der Waals surface area contributed by atoms with Gasteiger partial charge in [-0.1, -0.05) is 60.7 Å². The molecule has 0 aromatic heterocycles. The highest BCUT2D eigenvalue weighted by atomic mass is 31.2. The Hall–Kier alpha value is -2.14. The number of carbonyl (C=O) groups excluding carboxylic acids is 1. The summed E-state index contributed by atoms with van der Waals surface area (Å²) >= 11 is 0. The number of benzene rings is 2. The largest absolute Gasteiger partial charge is 0.533 e. The predicted molar refractivity (Wildman–Crippen MR) is 102 cm³/mol. The second kappa shape index (κ2) is 9.70. The van der Waals surface area contributed by atoms with Crippen LogP contribution in [-0.2, 0) is 31.2 Å². The van der Waals surface area contributed by atoms with E-state index in [2.05, 4.69) is 0 Å². The highest BCUT2D eigenvalue weighted by Gasteiger charge is 2.34. The van der Waals surface area contributed by atoms with E-state index in [1.54, 1.807) is 0 Å². The Morgan fingerprint density at radius 3 is 2.11 bits per heavy atom. The standard InChI is InChI=1S/C20H24NO5P/c22-20(21-14-7-8-15-21)26-27(23,25-17-19-11-5-2-6-12-19)24-16-13-18-9-3-1-4-10-18/h1-6,9-12H,7-8,13-17H2. The Morgan fingerprint density at radius 2 is 1.48 bits per heavy atom. The van der Waals surface area contributed by atoms with E-state index in [4.69, 9.17) is 13.6 Å². The third-order valence-electron chi connectivity index (χ3n) is 4.27. The molecule has 1 aliphatic heterocycles. The quantitative estimate of drug-likeness (QED) is 0.607. The molecular formula is C20H24NO5P. The minimum Gasteiger partial charge on any atom is -0.353 e. The zero-order chi connectivity index (χ0) is 19.0. The summed E-state index contributed by atoms with van der Waals surface area (Å²) in [6.45, 7) is 1.36. The Morgan fingerprint density at radius 1 is 0.889 bits per heavy atom. The Balaban J connectivity index is 1.61. The molecule has 0 saturated carbocycles. The van der Waals surface area contributed by atoms with Crippen molar-refractivity contribution in [1.29, 1.82) is 0 Å². The van der Waals surface area contributed by atoms with Gasteiger partial charge in [-0.15, -0.1) is 0 Å². The van der Waals surface area contributed by atoms with Crippen molar-refractivity contribution in [1.82, 2.24) is 4.90 Å². The van der Waals surface area contributed by atoms with Crippen LogP contribution in [0.25, 0.3) is 0 Å². The Labute approximate surface area is 159 Å². The Kier molecular flexibility index (Phi) is 7.04. The number of phosphoric acid groups is 1. The fraction of sp³-hybridized carbons (Fsp3) is 0.350. The fourth-order valence-electron chi connectivity index (χ4n) is 2.79. The molecule has 6 nitrogen and oxygen atoms in total. The number of amides is 1. The molecule has 1 heterocycles. The number of rotatable bonds is 8. The molecule has 1 aliphatic rings. The van der Waals surface area contributed by atoms with Crippen molar-refractivity contribution in [3.63, 3.8) is 0 Å². The van der Waals surface area contributed by atoms with Crippen LogP contribution in [0.2, 0.25) is 0 Å².